The summed E-state index contributed by atoms with van der Waals surface area (Å²) in [6, 6.07) is 17.0. The highest BCUT2D eigenvalue weighted by molar-refractivity contribution is 5.93. The zero-order valence-electron chi connectivity index (χ0n) is 15.3. The molecule has 0 bridgehead atoms. The normalized spacial score (nSPS) is 12.4. The highest BCUT2D eigenvalue weighted by Crippen LogP contribution is 2.19. The number of hydrogen-bond donors (Lipinski definition) is 3. The number of para-hydroxylation sites is 1. The maximum absolute atomic E-state index is 11.1. The third-order valence-electron chi connectivity index (χ3n) is 4.50. The smallest absolute Gasteiger partial charge is 0.352 e. The molecule has 0 amide bonds. The molecule has 6 heteroatoms. The molecule has 27 heavy (non-hydrogen) atoms. The van der Waals surface area contributed by atoms with E-state index < -0.39 is 5.97 Å². The Balaban J connectivity index is 1.49. The second kappa shape index (κ2) is 8.70. The first-order valence-electron chi connectivity index (χ1n) is 9.01. The van der Waals surface area contributed by atoms with Gasteiger partial charge in [0.1, 0.15) is 11.4 Å². The standard InChI is InChI=1S/C21H24N2O4/c1-15(23(26)10-5-11-27-18-6-3-2-4-7-18)12-16-8-9-19-17(13-16)14-20(22-19)21(24)25/h2-4,6-9,13-15,22,26H,5,10-12H2,1H3,(H,24,25)/t15-/m0/s1. The van der Waals surface area contributed by atoms with Crippen LogP contribution in [0, 0.1) is 0 Å². The van der Waals surface area contributed by atoms with Gasteiger partial charge in [0.15, 0.2) is 0 Å². The van der Waals surface area contributed by atoms with Crippen LogP contribution in [-0.2, 0) is 6.42 Å². The van der Waals surface area contributed by atoms with Crippen molar-refractivity contribution in [1.29, 1.82) is 0 Å². The van der Waals surface area contributed by atoms with E-state index in [2.05, 4.69) is 4.98 Å². The summed E-state index contributed by atoms with van der Waals surface area (Å²) in [4.78, 5) is 13.9. The van der Waals surface area contributed by atoms with Crippen LogP contribution in [0.25, 0.3) is 10.9 Å². The quantitative estimate of drug-likeness (QED) is 0.393. The molecular weight excluding hydrogens is 344 g/mol. The molecule has 0 saturated heterocycles. The molecule has 0 aliphatic rings. The molecular formula is C21H24N2O4. The number of aromatic amines is 1. The van der Waals surface area contributed by atoms with Crippen molar-refractivity contribution in [3.63, 3.8) is 0 Å². The van der Waals surface area contributed by atoms with Crippen LogP contribution in [0.1, 0.15) is 29.4 Å². The summed E-state index contributed by atoms with van der Waals surface area (Å²) >= 11 is 0. The Morgan fingerprint density at radius 1 is 1.19 bits per heavy atom. The Morgan fingerprint density at radius 2 is 1.96 bits per heavy atom. The molecule has 2 aromatic carbocycles. The predicted molar refractivity (Wildman–Crippen MR) is 103 cm³/mol. The SMILES string of the molecule is C[C@@H](Cc1ccc2[nH]c(C(=O)O)cc2c1)N(O)CCCOc1ccccc1. The van der Waals surface area contributed by atoms with Gasteiger partial charge in [0.2, 0.25) is 0 Å². The number of aromatic carboxylic acids is 1. The van der Waals surface area contributed by atoms with E-state index in [0.29, 0.717) is 26.0 Å². The number of benzene rings is 2. The molecule has 0 spiro atoms. The molecule has 0 aliphatic heterocycles. The Kier molecular flexibility index (Phi) is 6.11. The third-order valence-corrected chi connectivity index (χ3v) is 4.50. The second-order valence-corrected chi connectivity index (χ2v) is 6.64. The Morgan fingerprint density at radius 3 is 2.70 bits per heavy atom. The van der Waals surface area contributed by atoms with Crippen LogP contribution in [-0.4, -0.2) is 45.5 Å². The average molecular weight is 368 g/mol. The molecule has 6 nitrogen and oxygen atoms in total. The van der Waals surface area contributed by atoms with E-state index in [1.54, 1.807) is 6.07 Å². The van der Waals surface area contributed by atoms with Gasteiger partial charge in [-0.1, -0.05) is 24.3 Å². The highest BCUT2D eigenvalue weighted by Gasteiger charge is 2.13. The zero-order chi connectivity index (χ0) is 19.2. The van der Waals surface area contributed by atoms with Crippen molar-refractivity contribution in [2.24, 2.45) is 0 Å². The van der Waals surface area contributed by atoms with E-state index in [9.17, 15) is 10.0 Å². The van der Waals surface area contributed by atoms with Gasteiger partial charge in [-0.15, -0.1) is 0 Å². The number of carbonyl (C=O) groups is 1. The Bertz CT molecular complexity index is 892. The van der Waals surface area contributed by atoms with E-state index in [0.717, 1.165) is 22.2 Å². The molecule has 0 unspecified atom stereocenters. The number of fused-ring (bicyclic) bond motifs is 1. The first kappa shape index (κ1) is 18.9. The van der Waals surface area contributed by atoms with Crippen molar-refractivity contribution >= 4 is 16.9 Å². The minimum Gasteiger partial charge on any atom is -0.494 e. The van der Waals surface area contributed by atoms with E-state index in [-0.39, 0.29) is 11.7 Å². The number of nitrogens with one attached hydrogen (secondary N) is 1. The highest BCUT2D eigenvalue weighted by atomic mass is 16.5. The van der Waals surface area contributed by atoms with Gasteiger partial charge in [0, 0.05) is 23.5 Å². The van der Waals surface area contributed by atoms with E-state index >= 15 is 0 Å². The maximum atomic E-state index is 11.1. The van der Waals surface area contributed by atoms with Crippen LogP contribution < -0.4 is 4.74 Å². The molecule has 0 aliphatic carbocycles. The lowest BCUT2D eigenvalue weighted by Gasteiger charge is -2.22. The largest absolute Gasteiger partial charge is 0.494 e. The van der Waals surface area contributed by atoms with Crippen LogP contribution in [0.4, 0.5) is 0 Å². The number of nitrogens with zero attached hydrogens (tertiary/aromatic N) is 1. The number of hydrogen-bond acceptors (Lipinski definition) is 4. The summed E-state index contributed by atoms with van der Waals surface area (Å²) in [5, 5.41) is 21.5. The monoisotopic (exact) mass is 368 g/mol. The summed E-state index contributed by atoms with van der Waals surface area (Å²) < 4.78 is 5.64. The number of rotatable bonds is 9. The molecule has 0 fully saturated rings. The molecule has 0 radical (unpaired) electrons. The number of ether oxygens (including phenoxy) is 1. The Hall–Kier alpha value is -2.83. The van der Waals surface area contributed by atoms with Crippen molar-refractivity contribution in [1.82, 2.24) is 10.0 Å². The molecule has 142 valence electrons. The fraction of sp³-hybridized carbons (Fsp3) is 0.286. The number of carboxylic acid groups (broad SMARTS) is 1. The molecule has 1 aromatic heterocycles. The van der Waals surface area contributed by atoms with Gasteiger partial charge in [-0.2, -0.15) is 5.06 Å². The van der Waals surface area contributed by atoms with Gasteiger partial charge in [0.05, 0.1) is 6.61 Å². The van der Waals surface area contributed by atoms with Crippen LogP contribution in [0.15, 0.2) is 54.6 Å². The first-order valence-corrected chi connectivity index (χ1v) is 9.01. The molecule has 1 heterocycles. The Labute approximate surface area is 158 Å². The maximum Gasteiger partial charge on any atom is 0.352 e. The van der Waals surface area contributed by atoms with Crippen LogP contribution in [0.3, 0.4) is 0 Å². The third kappa shape index (κ3) is 5.09. The summed E-state index contributed by atoms with van der Waals surface area (Å²) in [7, 11) is 0. The average Bonchev–Trinajstić information content (AvgIpc) is 3.09. The van der Waals surface area contributed by atoms with E-state index in [4.69, 9.17) is 9.84 Å². The van der Waals surface area contributed by atoms with Crippen LogP contribution in [0.5, 0.6) is 5.75 Å². The predicted octanol–water partition coefficient (Wildman–Crippen LogP) is 3.96. The van der Waals surface area contributed by atoms with Gasteiger partial charge in [0.25, 0.3) is 0 Å². The second-order valence-electron chi connectivity index (χ2n) is 6.64. The number of carboxylic acids is 1. The van der Waals surface area contributed by atoms with Crippen molar-refractivity contribution in [2.45, 2.75) is 25.8 Å². The van der Waals surface area contributed by atoms with Crippen LogP contribution in [0.2, 0.25) is 0 Å². The number of hydroxylamine groups is 2. The number of aromatic nitrogens is 1. The van der Waals surface area contributed by atoms with Gasteiger partial charge >= 0.3 is 5.97 Å². The first-order chi connectivity index (χ1) is 13.0. The van der Waals surface area contributed by atoms with E-state index in [1.807, 2.05) is 55.5 Å². The van der Waals surface area contributed by atoms with Crippen molar-refractivity contribution in [3.8, 4) is 5.75 Å². The molecule has 3 rings (SSSR count). The van der Waals surface area contributed by atoms with E-state index in [1.165, 1.54) is 5.06 Å². The summed E-state index contributed by atoms with van der Waals surface area (Å²) in [5.74, 6) is -0.143. The van der Waals surface area contributed by atoms with Gasteiger partial charge < -0.3 is 20.0 Å². The van der Waals surface area contributed by atoms with Gasteiger partial charge in [-0.25, -0.2) is 4.79 Å². The number of H-pyrrole nitrogens is 1. The van der Waals surface area contributed by atoms with Gasteiger partial charge in [-0.05, 0) is 55.7 Å². The lowest BCUT2D eigenvalue weighted by atomic mass is 10.0. The lowest BCUT2D eigenvalue weighted by molar-refractivity contribution is -0.123. The van der Waals surface area contributed by atoms with Gasteiger partial charge in [-0.3, -0.25) is 0 Å². The molecule has 0 saturated carbocycles. The molecule has 3 aromatic rings. The topological polar surface area (TPSA) is 85.8 Å². The van der Waals surface area contributed by atoms with Crippen molar-refractivity contribution in [3.05, 3.63) is 65.9 Å². The zero-order valence-corrected chi connectivity index (χ0v) is 15.3. The fourth-order valence-corrected chi connectivity index (χ4v) is 3.02. The molecule has 1 atom stereocenters. The fourth-order valence-electron chi connectivity index (χ4n) is 3.02. The summed E-state index contributed by atoms with van der Waals surface area (Å²) in [6.07, 6.45) is 1.38. The minimum absolute atomic E-state index is 0.0583. The summed E-state index contributed by atoms with van der Waals surface area (Å²) in [5.41, 5.74) is 2.02. The summed E-state index contributed by atoms with van der Waals surface area (Å²) in [6.45, 7) is 3.02. The minimum atomic E-state index is -0.972. The molecule has 3 N–H and O–H groups in total. The lowest BCUT2D eigenvalue weighted by Crippen LogP contribution is -2.33. The van der Waals surface area contributed by atoms with Crippen molar-refractivity contribution < 1.29 is 19.8 Å². The van der Waals surface area contributed by atoms with Crippen molar-refractivity contribution in [2.75, 3.05) is 13.2 Å². The van der Waals surface area contributed by atoms with Crippen LogP contribution >= 0.6 is 0 Å².